The molecule has 1 aromatic carbocycles. The molecule has 0 spiro atoms. The standard InChI is InChI=1S/C14H17FN2O2/c1-9-6-10(4-5-11(9)15)12-7-13(18)17(16-12)8-14(2,3)19/h4-6,19H,7-8H2,1-3H3. The van der Waals surface area contributed by atoms with Gasteiger partial charge in [-0.15, -0.1) is 0 Å². The highest BCUT2D eigenvalue weighted by Gasteiger charge is 2.29. The van der Waals surface area contributed by atoms with Gasteiger partial charge in [0, 0.05) is 0 Å². The van der Waals surface area contributed by atoms with Gasteiger partial charge in [-0.1, -0.05) is 6.07 Å². The summed E-state index contributed by atoms with van der Waals surface area (Å²) in [5.41, 5.74) is 0.879. The molecular formula is C14H17FN2O2. The predicted octanol–water partition coefficient (Wildman–Crippen LogP) is 1.84. The maximum Gasteiger partial charge on any atom is 0.248 e. The van der Waals surface area contributed by atoms with E-state index in [-0.39, 0.29) is 24.7 Å². The first-order chi connectivity index (χ1) is 8.76. The van der Waals surface area contributed by atoms with Crippen molar-refractivity contribution >= 4 is 11.6 Å². The highest BCUT2D eigenvalue weighted by Crippen LogP contribution is 2.19. The largest absolute Gasteiger partial charge is 0.389 e. The molecule has 0 bridgehead atoms. The molecule has 0 saturated carbocycles. The second-order valence-corrected chi connectivity index (χ2v) is 5.45. The number of hydrazone groups is 1. The number of rotatable bonds is 3. The molecule has 0 atom stereocenters. The van der Waals surface area contributed by atoms with E-state index in [1.165, 1.54) is 11.1 Å². The average Bonchev–Trinajstić information content (AvgIpc) is 2.62. The molecule has 1 aromatic rings. The number of hydrogen-bond acceptors (Lipinski definition) is 3. The summed E-state index contributed by atoms with van der Waals surface area (Å²) in [4.78, 5) is 11.8. The number of aryl methyl sites for hydroxylation is 1. The number of benzene rings is 1. The minimum absolute atomic E-state index is 0.148. The number of β-amino-alcohol motifs (C(OH)–C–C–N with tert-alkyl or cyclic N) is 1. The van der Waals surface area contributed by atoms with Gasteiger partial charge in [-0.25, -0.2) is 9.40 Å². The summed E-state index contributed by atoms with van der Waals surface area (Å²) in [5.74, 6) is -0.430. The van der Waals surface area contributed by atoms with Gasteiger partial charge >= 0.3 is 0 Å². The van der Waals surface area contributed by atoms with Gasteiger partial charge in [0.15, 0.2) is 0 Å². The van der Waals surface area contributed by atoms with E-state index in [0.717, 1.165) is 5.56 Å². The SMILES string of the molecule is Cc1cc(C2=NN(CC(C)(C)O)C(=O)C2)ccc1F. The molecule has 1 N–H and O–H groups in total. The van der Waals surface area contributed by atoms with E-state index < -0.39 is 5.60 Å². The minimum atomic E-state index is -0.993. The number of amides is 1. The van der Waals surface area contributed by atoms with Crippen LogP contribution in [0.1, 0.15) is 31.4 Å². The molecule has 19 heavy (non-hydrogen) atoms. The Labute approximate surface area is 111 Å². The second-order valence-electron chi connectivity index (χ2n) is 5.45. The molecule has 0 aromatic heterocycles. The zero-order chi connectivity index (χ0) is 14.2. The third-order valence-corrected chi connectivity index (χ3v) is 2.88. The fraction of sp³-hybridized carbons (Fsp3) is 0.429. The fourth-order valence-electron chi connectivity index (χ4n) is 1.95. The summed E-state index contributed by atoms with van der Waals surface area (Å²) >= 11 is 0. The summed E-state index contributed by atoms with van der Waals surface area (Å²) < 4.78 is 13.2. The van der Waals surface area contributed by atoms with Crippen molar-refractivity contribution < 1.29 is 14.3 Å². The lowest BCUT2D eigenvalue weighted by molar-refractivity contribution is -0.131. The number of aliphatic hydroxyl groups is 1. The monoisotopic (exact) mass is 264 g/mol. The molecule has 0 saturated heterocycles. The van der Waals surface area contributed by atoms with Crippen molar-refractivity contribution in [1.82, 2.24) is 5.01 Å². The predicted molar refractivity (Wildman–Crippen MR) is 70.3 cm³/mol. The van der Waals surface area contributed by atoms with Crippen molar-refractivity contribution in [1.29, 1.82) is 0 Å². The zero-order valence-corrected chi connectivity index (χ0v) is 11.3. The van der Waals surface area contributed by atoms with E-state index in [0.29, 0.717) is 11.3 Å². The molecule has 2 rings (SSSR count). The van der Waals surface area contributed by atoms with Crippen LogP contribution in [0, 0.1) is 12.7 Å². The fourth-order valence-corrected chi connectivity index (χ4v) is 1.95. The Morgan fingerprint density at radius 3 is 2.74 bits per heavy atom. The highest BCUT2D eigenvalue weighted by atomic mass is 19.1. The molecule has 1 heterocycles. The Kier molecular flexibility index (Phi) is 3.41. The number of nitrogens with zero attached hydrogens (tertiary/aromatic N) is 2. The van der Waals surface area contributed by atoms with Crippen molar-refractivity contribution in [3.63, 3.8) is 0 Å². The van der Waals surface area contributed by atoms with E-state index in [2.05, 4.69) is 5.10 Å². The molecule has 0 unspecified atom stereocenters. The van der Waals surface area contributed by atoms with Crippen molar-refractivity contribution in [2.75, 3.05) is 6.54 Å². The van der Waals surface area contributed by atoms with Crippen molar-refractivity contribution in [3.05, 3.63) is 35.1 Å². The average molecular weight is 264 g/mol. The number of carbonyl (C=O) groups is 1. The lowest BCUT2D eigenvalue weighted by atomic mass is 10.0. The van der Waals surface area contributed by atoms with E-state index in [9.17, 15) is 14.3 Å². The second kappa shape index (κ2) is 4.74. The molecule has 1 aliphatic rings. The van der Waals surface area contributed by atoms with Crippen LogP contribution >= 0.6 is 0 Å². The highest BCUT2D eigenvalue weighted by molar-refractivity contribution is 6.13. The van der Waals surface area contributed by atoms with Gasteiger partial charge in [0.05, 0.1) is 24.3 Å². The third-order valence-electron chi connectivity index (χ3n) is 2.88. The molecule has 0 radical (unpaired) electrons. The number of hydrogen-bond donors (Lipinski definition) is 1. The van der Waals surface area contributed by atoms with Crippen molar-refractivity contribution in [2.24, 2.45) is 5.10 Å². The van der Waals surface area contributed by atoms with Crippen LogP contribution in [0.15, 0.2) is 23.3 Å². The van der Waals surface area contributed by atoms with Crippen LogP contribution in [-0.4, -0.2) is 33.9 Å². The molecule has 0 aliphatic carbocycles. The first-order valence-electron chi connectivity index (χ1n) is 6.13. The van der Waals surface area contributed by atoms with Gasteiger partial charge in [-0.2, -0.15) is 5.10 Å². The Morgan fingerprint density at radius 2 is 2.16 bits per heavy atom. The van der Waals surface area contributed by atoms with Crippen molar-refractivity contribution in [3.8, 4) is 0 Å². The molecule has 5 heteroatoms. The summed E-state index contributed by atoms with van der Waals surface area (Å²) in [6.45, 7) is 5.06. The van der Waals surface area contributed by atoms with Gasteiger partial charge in [0.2, 0.25) is 5.91 Å². The van der Waals surface area contributed by atoms with E-state index in [4.69, 9.17) is 0 Å². The Morgan fingerprint density at radius 1 is 1.47 bits per heavy atom. The summed E-state index contributed by atoms with van der Waals surface area (Å²) in [5, 5.41) is 15.2. The Bertz CT molecular complexity index is 547. The maximum absolute atomic E-state index is 13.2. The number of halogens is 1. The van der Waals surface area contributed by atoms with E-state index >= 15 is 0 Å². The van der Waals surface area contributed by atoms with Crippen LogP contribution in [0.4, 0.5) is 4.39 Å². The Balaban J connectivity index is 2.24. The molecule has 1 aliphatic heterocycles. The van der Waals surface area contributed by atoms with Gasteiger partial charge in [-0.3, -0.25) is 4.79 Å². The van der Waals surface area contributed by atoms with Gasteiger partial charge in [0.1, 0.15) is 5.82 Å². The molecule has 1 amide bonds. The zero-order valence-electron chi connectivity index (χ0n) is 11.3. The Hall–Kier alpha value is -1.75. The lowest BCUT2D eigenvalue weighted by Gasteiger charge is -2.22. The van der Waals surface area contributed by atoms with Crippen LogP contribution in [-0.2, 0) is 4.79 Å². The maximum atomic E-state index is 13.2. The smallest absolute Gasteiger partial charge is 0.248 e. The lowest BCUT2D eigenvalue weighted by Crippen LogP contribution is -2.36. The first-order valence-corrected chi connectivity index (χ1v) is 6.13. The summed E-state index contributed by atoms with van der Waals surface area (Å²) in [7, 11) is 0. The van der Waals surface area contributed by atoms with E-state index in [1.807, 2.05) is 0 Å². The molecule has 0 fully saturated rings. The van der Waals surface area contributed by atoms with Gasteiger partial charge in [-0.05, 0) is 44.0 Å². The quantitative estimate of drug-likeness (QED) is 0.905. The normalized spacial score (nSPS) is 15.9. The van der Waals surface area contributed by atoms with E-state index in [1.54, 1.807) is 32.9 Å². The minimum Gasteiger partial charge on any atom is -0.389 e. The molecular weight excluding hydrogens is 247 g/mol. The van der Waals surface area contributed by atoms with Crippen LogP contribution in [0.5, 0.6) is 0 Å². The molecule has 102 valence electrons. The number of carbonyl (C=O) groups excluding carboxylic acids is 1. The van der Waals surface area contributed by atoms with Crippen LogP contribution in [0.3, 0.4) is 0 Å². The third kappa shape index (κ3) is 3.17. The summed E-state index contributed by atoms with van der Waals surface area (Å²) in [6.07, 6.45) is 0.182. The topological polar surface area (TPSA) is 52.9 Å². The molecule has 4 nitrogen and oxygen atoms in total. The van der Waals surface area contributed by atoms with Crippen LogP contribution in [0.25, 0.3) is 0 Å². The van der Waals surface area contributed by atoms with Crippen molar-refractivity contribution in [2.45, 2.75) is 32.8 Å². The summed E-state index contributed by atoms with van der Waals surface area (Å²) in [6, 6.07) is 4.66. The van der Waals surface area contributed by atoms with Crippen LogP contribution < -0.4 is 0 Å². The van der Waals surface area contributed by atoms with Gasteiger partial charge < -0.3 is 5.11 Å². The first kappa shape index (κ1) is 13.7. The van der Waals surface area contributed by atoms with Gasteiger partial charge in [0.25, 0.3) is 0 Å². The van der Waals surface area contributed by atoms with Crippen LogP contribution in [0.2, 0.25) is 0 Å².